The van der Waals surface area contributed by atoms with Gasteiger partial charge in [0.1, 0.15) is 0 Å². The highest BCUT2D eigenvalue weighted by Crippen LogP contribution is 2.45. The fourth-order valence-electron chi connectivity index (χ4n) is 2.20. The summed E-state index contributed by atoms with van der Waals surface area (Å²) in [6, 6.07) is 9.00. The third-order valence-electron chi connectivity index (χ3n) is 3.96. The summed E-state index contributed by atoms with van der Waals surface area (Å²) in [6.07, 6.45) is 1.91. The van der Waals surface area contributed by atoms with E-state index >= 15 is 0 Å². The Balaban J connectivity index is 1.80. The fraction of sp³-hybridized carbons (Fsp3) is 0.312. The number of nitrogens with zero attached hydrogens (tertiary/aromatic N) is 1. The fourth-order valence-corrected chi connectivity index (χ4v) is 2.20. The van der Waals surface area contributed by atoms with Crippen molar-refractivity contribution in [2.45, 2.75) is 26.7 Å². The highest BCUT2D eigenvalue weighted by atomic mass is 16.2. The van der Waals surface area contributed by atoms with E-state index in [1.165, 1.54) is 6.07 Å². The highest BCUT2D eigenvalue weighted by Gasteiger charge is 2.44. The maximum Gasteiger partial charge on any atom is 0.264 e. The van der Waals surface area contributed by atoms with Crippen LogP contribution in [-0.2, 0) is 4.79 Å². The van der Waals surface area contributed by atoms with E-state index in [1.807, 2.05) is 38.1 Å². The lowest BCUT2D eigenvalue weighted by Crippen LogP contribution is -2.21. The molecule has 1 fully saturated rings. The summed E-state index contributed by atoms with van der Waals surface area (Å²) in [6.45, 7) is 3.82. The Labute approximate surface area is 122 Å². The Kier molecular flexibility index (Phi) is 3.12. The number of benzene rings is 1. The zero-order chi connectivity index (χ0) is 15.0. The molecule has 1 aromatic heterocycles. The molecule has 0 atom stereocenters. The van der Waals surface area contributed by atoms with Crippen molar-refractivity contribution in [1.82, 2.24) is 10.2 Å². The minimum absolute atomic E-state index is 0.0774. The van der Waals surface area contributed by atoms with Crippen molar-refractivity contribution in [3.05, 3.63) is 46.2 Å². The van der Waals surface area contributed by atoms with E-state index in [-0.39, 0.29) is 16.9 Å². The summed E-state index contributed by atoms with van der Waals surface area (Å²) in [5, 5.41) is 9.43. The van der Waals surface area contributed by atoms with Crippen LogP contribution in [0.15, 0.2) is 35.1 Å². The summed E-state index contributed by atoms with van der Waals surface area (Å²) in [5.74, 6) is 0.0774. The Bertz CT molecular complexity index is 743. The van der Waals surface area contributed by atoms with Gasteiger partial charge in [-0.05, 0) is 37.5 Å². The van der Waals surface area contributed by atoms with E-state index in [0.717, 1.165) is 35.3 Å². The number of rotatable bonds is 3. The lowest BCUT2D eigenvalue weighted by Gasteiger charge is -2.10. The van der Waals surface area contributed by atoms with Crippen LogP contribution >= 0.6 is 0 Å². The van der Waals surface area contributed by atoms with Crippen molar-refractivity contribution in [2.24, 2.45) is 5.41 Å². The molecule has 0 spiro atoms. The number of H-pyrrole nitrogens is 1. The molecule has 0 radical (unpaired) electrons. The molecule has 1 amide bonds. The van der Waals surface area contributed by atoms with Crippen molar-refractivity contribution >= 4 is 11.6 Å². The summed E-state index contributed by atoms with van der Waals surface area (Å²) in [7, 11) is 0. The average molecular weight is 283 g/mol. The molecule has 1 aliphatic rings. The monoisotopic (exact) mass is 283 g/mol. The van der Waals surface area contributed by atoms with Gasteiger partial charge in [-0.3, -0.25) is 9.59 Å². The van der Waals surface area contributed by atoms with E-state index < -0.39 is 0 Å². The van der Waals surface area contributed by atoms with Crippen LogP contribution in [-0.4, -0.2) is 16.1 Å². The lowest BCUT2D eigenvalue weighted by molar-refractivity contribution is -0.120. The number of anilines is 1. The van der Waals surface area contributed by atoms with E-state index in [4.69, 9.17) is 0 Å². The molecule has 21 heavy (non-hydrogen) atoms. The first-order valence-corrected chi connectivity index (χ1v) is 6.96. The zero-order valence-electron chi connectivity index (χ0n) is 12.1. The molecule has 0 saturated heterocycles. The van der Waals surface area contributed by atoms with Gasteiger partial charge in [-0.25, -0.2) is 5.10 Å². The van der Waals surface area contributed by atoms with E-state index in [9.17, 15) is 9.59 Å². The van der Waals surface area contributed by atoms with Crippen LogP contribution in [0.3, 0.4) is 0 Å². The molecule has 0 unspecified atom stereocenters. The van der Waals surface area contributed by atoms with E-state index in [2.05, 4.69) is 15.5 Å². The van der Waals surface area contributed by atoms with Gasteiger partial charge in [-0.1, -0.05) is 19.1 Å². The predicted octanol–water partition coefficient (Wildman–Crippen LogP) is 2.48. The lowest BCUT2D eigenvalue weighted by atomic mass is 10.1. The van der Waals surface area contributed by atoms with Gasteiger partial charge in [0.05, 0.1) is 5.69 Å². The molecule has 5 nitrogen and oxygen atoms in total. The van der Waals surface area contributed by atoms with Gasteiger partial charge in [0.15, 0.2) is 0 Å². The summed E-state index contributed by atoms with van der Waals surface area (Å²) in [4.78, 5) is 23.2. The molecule has 0 bridgehead atoms. The number of aromatic amines is 1. The highest BCUT2D eigenvalue weighted by molar-refractivity contribution is 5.97. The predicted molar refractivity (Wildman–Crippen MR) is 81.0 cm³/mol. The van der Waals surface area contributed by atoms with Crippen molar-refractivity contribution in [3.63, 3.8) is 0 Å². The van der Waals surface area contributed by atoms with Gasteiger partial charge in [0, 0.05) is 22.7 Å². The normalized spacial score (nSPS) is 15.5. The zero-order valence-corrected chi connectivity index (χ0v) is 12.1. The van der Waals surface area contributed by atoms with Crippen LogP contribution in [0, 0.1) is 12.3 Å². The molecular formula is C16H17N3O2. The molecular weight excluding hydrogens is 266 g/mol. The molecule has 108 valence electrons. The quantitative estimate of drug-likeness (QED) is 0.908. The average Bonchev–Trinajstić information content (AvgIpc) is 3.19. The number of carbonyl (C=O) groups excluding carboxylic acids is 1. The molecule has 1 heterocycles. The second kappa shape index (κ2) is 4.84. The Morgan fingerprint density at radius 3 is 2.52 bits per heavy atom. The van der Waals surface area contributed by atoms with Gasteiger partial charge in [-0.15, -0.1) is 0 Å². The van der Waals surface area contributed by atoms with Crippen LogP contribution in [0.25, 0.3) is 11.3 Å². The number of hydrogen-bond donors (Lipinski definition) is 2. The topological polar surface area (TPSA) is 74.8 Å². The largest absolute Gasteiger partial charge is 0.326 e. The van der Waals surface area contributed by atoms with E-state index in [0.29, 0.717) is 0 Å². The molecule has 1 aromatic carbocycles. The van der Waals surface area contributed by atoms with Crippen LogP contribution in [0.1, 0.15) is 25.3 Å². The molecule has 1 saturated carbocycles. The number of aromatic nitrogens is 2. The number of carbonyl (C=O) groups is 1. The summed E-state index contributed by atoms with van der Waals surface area (Å²) in [5.41, 5.74) is 2.84. The number of amides is 1. The first-order valence-electron chi connectivity index (χ1n) is 6.96. The van der Waals surface area contributed by atoms with Crippen LogP contribution in [0.5, 0.6) is 0 Å². The van der Waals surface area contributed by atoms with Crippen LogP contribution in [0.4, 0.5) is 5.69 Å². The first-order chi connectivity index (χ1) is 9.98. The van der Waals surface area contributed by atoms with Crippen molar-refractivity contribution in [1.29, 1.82) is 0 Å². The van der Waals surface area contributed by atoms with Crippen LogP contribution in [0.2, 0.25) is 0 Å². The standard InChI is InChI=1S/C16H17N3O2/c1-10-9-13(20)18-19-14(10)11-3-5-12(6-4-11)17-15(21)16(2)7-8-16/h3-6,9H,7-8H2,1-2H3,(H,17,21)(H,18,20). The minimum atomic E-state index is -0.210. The molecule has 3 rings (SSSR count). The smallest absolute Gasteiger partial charge is 0.264 e. The maximum absolute atomic E-state index is 12.0. The summed E-state index contributed by atoms with van der Waals surface area (Å²) >= 11 is 0. The Morgan fingerprint density at radius 1 is 1.29 bits per heavy atom. The Morgan fingerprint density at radius 2 is 1.95 bits per heavy atom. The molecule has 5 heteroatoms. The number of aryl methyl sites for hydroxylation is 1. The molecule has 2 N–H and O–H groups in total. The van der Waals surface area contributed by atoms with Gasteiger partial charge < -0.3 is 5.32 Å². The third kappa shape index (κ3) is 2.72. The van der Waals surface area contributed by atoms with Gasteiger partial charge >= 0.3 is 0 Å². The minimum Gasteiger partial charge on any atom is -0.326 e. The maximum atomic E-state index is 12.0. The third-order valence-corrected chi connectivity index (χ3v) is 3.96. The number of hydrogen-bond acceptors (Lipinski definition) is 3. The van der Waals surface area contributed by atoms with Crippen molar-refractivity contribution in [2.75, 3.05) is 5.32 Å². The summed E-state index contributed by atoms with van der Waals surface area (Å²) < 4.78 is 0. The van der Waals surface area contributed by atoms with Gasteiger partial charge in [0.2, 0.25) is 5.91 Å². The molecule has 2 aromatic rings. The van der Waals surface area contributed by atoms with Gasteiger partial charge in [0.25, 0.3) is 5.56 Å². The second-order valence-corrected chi connectivity index (χ2v) is 5.86. The van der Waals surface area contributed by atoms with Crippen LogP contribution < -0.4 is 10.9 Å². The molecule has 1 aliphatic carbocycles. The number of nitrogens with one attached hydrogen (secondary N) is 2. The van der Waals surface area contributed by atoms with Gasteiger partial charge in [-0.2, -0.15) is 5.10 Å². The first kappa shape index (κ1) is 13.5. The van der Waals surface area contributed by atoms with Crippen molar-refractivity contribution in [3.8, 4) is 11.3 Å². The SMILES string of the molecule is Cc1cc(=O)[nH]nc1-c1ccc(NC(=O)C2(C)CC2)cc1. The second-order valence-electron chi connectivity index (χ2n) is 5.86. The van der Waals surface area contributed by atoms with E-state index in [1.54, 1.807) is 0 Å². The Hall–Kier alpha value is -2.43. The van der Waals surface area contributed by atoms with Crippen molar-refractivity contribution < 1.29 is 4.79 Å². The molecule has 0 aliphatic heterocycles.